The highest BCUT2D eigenvalue weighted by atomic mass is 16.2. The van der Waals surface area contributed by atoms with Gasteiger partial charge in [0.2, 0.25) is 5.91 Å². The van der Waals surface area contributed by atoms with Crippen molar-refractivity contribution in [3.05, 3.63) is 42.5 Å². The molecule has 2 aromatic rings. The van der Waals surface area contributed by atoms with Crippen molar-refractivity contribution in [2.24, 2.45) is 11.1 Å². The van der Waals surface area contributed by atoms with Crippen molar-refractivity contribution in [2.45, 2.75) is 33.2 Å². The molecule has 3 N–H and O–H groups in total. The number of hydrogen-bond acceptors (Lipinski definition) is 4. The van der Waals surface area contributed by atoms with Gasteiger partial charge in [-0.25, -0.2) is 9.67 Å². The van der Waals surface area contributed by atoms with Crippen LogP contribution >= 0.6 is 0 Å². The summed E-state index contributed by atoms with van der Waals surface area (Å²) >= 11 is 0. The van der Waals surface area contributed by atoms with Crippen LogP contribution in [0.2, 0.25) is 0 Å². The molecule has 6 nitrogen and oxygen atoms in total. The topological polar surface area (TPSA) is 85.8 Å². The van der Waals surface area contributed by atoms with Gasteiger partial charge in [0.05, 0.1) is 11.1 Å². The van der Waals surface area contributed by atoms with E-state index in [0.717, 1.165) is 24.1 Å². The molecule has 0 bridgehead atoms. The summed E-state index contributed by atoms with van der Waals surface area (Å²) < 4.78 is 1.69. The zero-order valence-corrected chi connectivity index (χ0v) is 13.1. The molecule has 0 atom stereocenters. The summed E-state index contributed by atoms with van der Waals surface area (Å²) in [7, 11) is 0. The first-order chi connectivity index (χ1) is 10.6. The lowest BCUT2D eigenvalue weighted by Crippen LogP contribution is -2.45. The van der Waals surface area contributed by atoms with Gasteiger partial charge in [-0.1, -0.05) is 26.0 Å². The van der Waals surface area contributed by atoms with Crippen LogP contribution in [0.5, 0.6) is 0 Å². The van der Waals surface area contributed by atoms with E-state index in [4.69, 9.17) is 5.73 Å². The van der Waals surface area contributed by atoms with Crippen LogP contribution in [-0.4, -0.2) is 27.2 Å². The molecule has 0 saturated carbocycles. The first-order valence-corrected chi connectivity index (χ1v) is 7.57. The van der Waals surface area contributed by atoms with Gasteiger partial charge in [-0.3, -0.25) is 4.79 Å². The number of aromatic nitrogens is 3. The van der Waals surface area contributed by atoms with Gasteiger partial charge in [0.15, 0.2) is 0 Å². The third kappa shape index (κ3) is 3.33. The second-order valence-electron chi connectivity index (χ2n) is 5.38. The molecule has 0 fully saturated rings. The molecule has 1 aromatic heterocycles. The number of nitrogens with one attached hydrogen (secondary N) is 1. The summed E-state index contributed by atoms with van der Waals surface area (Å²) in [6, 6.07) is 7.84. The summed E-state index contributed by atoms with van der Waals surface area (Å²) in [4.78, 5) is 16.4. The van der Waals surface area contributed by atoms with Crippen LogP contribution in [0.3, 0.4) is 0 Å². The van der Waals surface area contributed by atoms with Gasteiger partial charge in [0.1, 0.15) is 12.7 Å². The fourth-order valence-corrected chi connectivity index (χ4v) is 2.47. The molecule has 0 saturated heterocycles. The number of benzene rings is 1. The first kappa shape index (κ1) is 16.2. The lowest BCUT2D eigenvalue weighted by Gasteiger charge is -2.28. The van der Waals surface area contributed by atoms with Crippen molar-refractivity contribution in [1.29, 1.82) is 0 Å². The third-order valence-electron chi connectivity index (χ3n) is 4.27. The quantitative estimate of drug-likeness (QED) is 0.814. The van der Waals surface area contributed by atoms with E-state index in [1.165, 1.54) is 6.33 Å². The maximum absolute atomic E-state index is 12.4. The van der Waals surface area contributed by atoms with Crippen molar-refractivity contribution in [1.82, 2.24) is 20.1 Å². The number of rotatable bonds is 7. The van der Waals surface area contributed by atoms with E-state index in [1.807, 2.05) is 38.1 Å². The van der Waals surface area contributed by atoms with Crippen molar-refractivity contribution >= 4 is 5.91 Å². The minimum atomic E-state index is -0.469. The molecule has 1 heterocycles. The molecular weight excluding hydrogens is 278 g/mol. The molecule has 0 aliphatic carbocycles. The van der Waals surface area contributed by atoms with Gasteiger partial charge >= 0.3 is 0 Å². The summed E-state index contributed by atoms with van der Waals surface area (Å²) in [5.74, 6) is 0.0196. The Bertz CT molecular complexity index is 596. The monoisotopic (exact) mass is 301 g/mol. The number of carbonyl (C=O) groups excluding carboxylic acids is 1. The molecule has 0 spiro atoms. The number of carbonyl (C=O) groups is 1. The standard InChI is InChI=1S/C16H23N5O/c1-3-16(4-2,10-17)15(22)19-9-13-6-5-7-14(8-13)21-12-18-11-20-21/h5-8,11-12H,3-4,9-10,17H2,1-2H3,(H,19,22). The van der Waals surface area contributed by atoms with Crippen LogP contribution in [0.25, 0.3) is 5.69 Å². The first-order valence-electron chi connectivity index (χ1n) is 7.57. The van der Waals surface area contributed by atoms with Crippen LogP contribution in [0.4, 0.5) is 0 Å². The molecule has 1 aromatic carbocycles. The Kier molecular flexibility index (Phi) is 5.27. The largest absolute Gasteiger partial charge is 0.352 e. The molecule has 0 unspecified atom stereocenters. The number of nitrogens with two attached hydrogens (primary N) is 1. The maximum Gasteiger partial charge on any atom is 0.227 e. The lowest BCUT2D eigenvalue weighted by molar-refractivity contribution is -0.131. The summed E-state index contributed by atoms with van der Waals surface area (Å²) in [6.45, 7) is 4.84. The molecule has 1 amide bonds. The maximum atomic E-state index is 12.4. The molecule has 118 valence electrons. The zero-order valence-electron chi connectivity index (χ0n) is 13.1. The molecule has 0 aliphatic rings. The SMILES string of the molecule is CCC(CC)(CN)C(=O)NCc1cccc(-n2cncn2)c1. The Morgan fingerprint density at radius 2 is 2.14 bits per heavy atom. The smallest absolute Gasteiger partial charge is 0.227 e. The van der Waals surface area contributed by atoms with Crippen LogP contribution in [-0.2, 0) is 11.3 Å². The van der Waals surface area contributed by atoms with Gasteiger partial charge in [0, 0.05) is 13.1 Å². The second kappa shape index (κ2) is 7.17. The normalized spacial score (nSPS) is 11.4. The Labute approximate surface area is 130 Å². The number of amides is 1. The highest BCUT2D eigenvalue weighted by molar-refractivity contribution is 5.82. The van der Waals surface area contributed by atoms with Gasteiger partial charge < -0.3 is 11.1 Å². The fraction of sp³-hybridized carbons (Fsp3) is 0.438. The van der Waals surface area contributed by atoms with E-state index < -0.39 is 5.41 Å². The average Bonchev–Trinajstić information content (AvgIpc) is 3.10. The van der Waals surface area contributed by atoms with E-state index in [1.54, 1.807) is 11.0 Å². The Balaban J connectivity index is 2.06. The van der Waals surface area contributed by atoms with Crippen LogP contribution in [0, 0.1) is 5.41 Å². The average molecular weight is 301 g/mol. The molecular formula is C16H23N5O. The zero-order chi connectivity index (χ0) is 16.0. The van der Waals surface area contributed by atoms with Crippen LogP contribution < -0.4 is 11.1 Å². The van der Waals surface area contributed by atoms with E-state index in [0.29, 0.717) is 13.1 Å². The molecule has 0 radical (unpaired) electrons. The van der Waals surface area contributed by atoms with Crippen molar-refractivity contribution < 1.29 is 4.79 Å². The second-order valence-corrected chi connectivity index (χ2v) is 5.38. The van der Waals surface area contributed by atoms with Gasteiger partial charge in [-0.15, -0.1) is 0 Å². The highest BCUT2D eigenvalue weighted by Crippen LogP contribution is 2.25. The Morgan fingerprint density at radius 1 is 1.36 bits per heavy atom. The summed E-state index contributed by atoms with van der Waals surface area (Å²) in [5, 5.41) is 7.10. The van der Waals surface area contributed by atoms with E-state index in [2.05, 4.69) is 15.4 Å². The third-order valence-corrected chi connectivity index (χ3v) is 4.27. The molecule has 2 rings (SSSR count). The predicted octanol–water partition coefficient (Wildman–Crippen LogP) is 1.65. The molecule has 22 heavy (non-hydrogen) atoms. The van der Waals surface area contributed by atoms with Gasteiger partial charge in [-0.05, 0) is 30.5 Å². The van der Waals surface area contributed by atoms with Gasteiger partial charge in [0.25, 0.3) is 0 Å². The highest BCUT2D eigenvalue weighted by Gasteiger charge is 2.32. The molecule has 0 aliphatic heterocycles. The minimum Gasteiger partial charge on any atom is -0.352 e. The lowest BCUT2D eigenvalue weighted by atomic mass is 9.81. The summed E-state index contributed by atoms with van der Waals surface area (Å²) in [6.07, 6.45) is 4.62. The number of nitrogens with zero attached hydrogens (tertiary/aromatic N) is 3. The number of hydrogen-bond donors (Lipinski definition) is 2. The van der Waals surface area contributed by atoms with Crippen LogP contribution in [0.1, 0.15) is 32.3 Å². The molecule has 6 heteroatoms. The van der Waals surface area contributed by atoms with Gasteiger partial charge in [-0.2, -0.15) is 5.10 Å². The Morgan fingerprint density at radius 3 is 2.73 bits per heavy atom. The van der Waals surface area contributed by atoms with E-state index in [-0.39, 0.29) is 5.91 Å². The van der Waals surface area contributed by atoms with Crippen LogP contribution in [0.15, 0.2) is 36.9 Å². The van der Waals surface area contributed by atoms with E-state index >= 15 is 0 Å². The predicted molar refractivity (Wildman–Crippen MR) is 85.3 cm³/mol. The Hall–Kier alpha value is -2.21. The summed E-state index contributed by atoms with van der Waals surface area (Å²) in [5.41, 5.74) is 7.27. The fourth-order valence-electron chi connectivity index (χ4n) is 2.47. The van der Waals surface area contributed by atoms with Crippen molar-refractivity contribution in [3.63, 3.8) is 0 Å². The van der Waals surface area contributed by atoms with Crippen molar-refractivity contribution in [3.8, 4) is 5.69 Å². The minimum absolute atomic E-state index is 0.0196. The van der Waals surface area contributed by atoms with E-state index in [9.17, 15) is 4.79 Å². The van der Waals surface area contributed by atoms with Crippen molar-refractivity contribution in [2.75, 3.05) is 6.54 Å².